The first kappa shape index (κ1) is 12.5. The van der Waals surface area contributed by atoms with Gasteiger partial charge < -0.3 is 9.64 Å². The average molecular weight is 288 g/mol. The van der Waals surface area contributed by atoms with Crippen molar-refractivity contribution < 1.29 is 4.74 Å². The number of ether oxygens (including phenoxy) is 1. The third-order valence-electron chi connectivity index (χ3n) is 3.46. The summed E-state index contributed by atoms with van der Waals surface area (Å²) in [6.07, 6.45) is 4.46. The fourth-order valence-electron chi connectivity index (χ4n) is 2.43. The molecule has 0 bridgehead atoms. The Kier molecular flexibility index (Phi) is 3.34. The summed E-state index contributed by atoms with van der Waals surface area (Å²) < 4.78 is 5.97. The van der Waals surface area contributed by atoms with Gasteiger partial charge in [-0.2, -0.15) is 5.10 Å². The molecule has 4 nitrogen and oxygen atoms in total. The zero-order chi connectivity index (χ0) is 12.7. The number of rotatable bonds is 2. The highest BCUT2D eigenvalue weighted by atomic mass is 35.5. The minimum absolute atomic E-state index is 0.182. The van der Waals surface area contributed by atoms with E-state index in [9.17, 15) is 0 Å². The third-order valence-corrected chi connectivity index (χ3v) is 4.22. The van der Waals surface area contributed by atoms with E-state index in [0.717, 1.165) is 13.1 Å². The van der Waals surface area contributed by atoms with Gasteiger partial charge in [-0.15, -0.1) is 5.10 Å². The smallest absolute Gasteiger partial charge is 0.171 e. The summed E-state index contributed by atoms with van der Waals surface area (Å²) in [5.41, 5.74) is 0. The summed E-state index contributed by atoms with van der Waals surface area (Å²) in [7, 11) is 0. The van der Waals surface area contributed by atoms with Gasteiger partial charge in [-0.3, -0.25) is 0 Å². The van der Waals surface area contributed by atoms with Crippen LogP contribution in [0, 0.1) is 5.92 Å². The molecule has 1 saturated carbocycles. The minimum atomic E-state index is 0.182. The molecule has 1 aliphatic heterocycles. The number of halogens is 2. The van der Waals surface area contributed by atoms with Gasteiger partial charge in [-0.1, -0.05) is 23.2 Å². The standard InChI is InChI=1S/C12H15Cl2N3O/c1-7-5-17(6-10(18-7)8-2-3-8)12-11(14)9(13)4-15-16-12/h4,7-8,10H,2-3,5-6H2,1H3. The molecular weight excluding hydrogens is 273 g/mol. The molecule has 3 rings (SSSR count). The molecule has 0 amide bonds. The first-order valence-electron chi connectivity index (χ1n) is 6.22. The van der Waals surface area contributed by atoms with Gasteiger partial charge in [0.15, 0.2) is 5.82 Å². The molecule has 2 fully saturated rings. The van der Waals surface area contributed by atoms with E-state index in [2.05, 4.69) is 22.0 Å². The predicted octanol–water partition coefficient (Wildman–Crippen LogP) is 2.79. The Balaban J connectivity index is 1.83. The van der Waals surface area contributed by atoms with Crippen LogP contribution in [0.15, 0.2) is 6.20 Å². The summed E-state index contributed by atoms with van der Waals surface area (Å²) in [5.74, 6) is 1.37. The Morgan fingerprint density at radius 3 is 2.83 bits per heavy atom. The van der Waals surface area contributed by atoms with Crippen molar-refractivity contribution >= 4 is 29.0 Å². The largest absolute Gasteiger partial charge is 0.371 e. The Hall–Kier alpha value is -0.580. The van der Waals surface area contributed by atoms with Crippen molar-refractivity contribution in [3.8, 4) is 0 Å². The molecule has 2 heterocycles. The van der Waals surface area contributed by atoms with Crippen molar-refractivity contribution in [1.29, 1.82) is 0 Å². The Morgan fingerprint density at radius 1 is 1.33 bits per heavy atom. The van der Waals surface area contributed by atoms with E-state index in [0.29, 0.717) is 21.8 Å². The van der Waals surface area contributed by atoms with E-state index in [4.69, 9.17) is 27.9 Å². The fraction of sp³-hybridized carbons (Fsp3) is 0.667. The monoisotopic (exact) mass is 287 g/mol. The van der Waals surface area contributed by atoms with Crippen molar-refractivity contribution in [2.45, 2.75) is 32.0 Å². The lowest BCUT2D eigenvalue weighted by Crippen LogP contribution is -2.48. The van der Waals surface area contributed by atoms with Gasteiger partial charge in [0.2, 0.25) is 0 Å². The SMILES string of the molecule is CC1CN(c2nncc(Cl)c2Cl)CC(C2CC2)O1. The number of hydrogen-bond donors (Lipinski definition) is 0. The lowest BCUT2D eigenvalue weighted by molar-refractivity contribution is -0.0274. The van der Waals surface area contributed by atoms with Crippen LogP contribution in [0.2, 0.25) is 10.0 Å². The second-order valence-electron chi connectivity index (χ2n) is 5.06. The van der Waals surface area contributed by atoms with E-state index in [-0.39, 0.29) is 12.2 Å². The van der Waals surface area contributed by atoms with Gasteiger partial charge in [-0.25, -0.2) is 0 Å². The van der Waals surface area contributed by atoms with Gasteiger partial charge >= 0.3 is 0 Å². The minimum Gasteiger partial charge on any atom is -0.371 e. The molecule has 1 aliphatic carbocycles. The molecule has 2 unspecified atom stereocenters. The molecule has 0 spiro atoms. The summed E-state index contributed by atoms with van der Waals surface area (Å²) in [4.78, 5) is 2.14. The van der Waals surface area contributed by atoms with E-state index < -0.39 is 0 Å². The number of anilines is 1. The Labute approximate surface area is 116 Å². The highest BCUT2D eigenvalue weighted by molar-refractivity contribution is 6.43. The molecule has 1 saturated heterocycles. The summed E-state index contributed by atoms with van der Waals surface area (Å²) >= 11 is 12.2. The van der Waals surface area contributed by atoms with Crippen LogP contribution in [0.1, 0.15) is 19.8 Å². The van der Waals surface area contributed by atoms with Crippen molar-refractivity contribution in [3.63, 3.8) is 0 Å². The summed E-state index contributed by atoms with van der Waals surface area (Å²) in [6.45, 7) is 3.68. The van der Waals surface area contributed by atoms with Crippen molar-refractivity contribution in [2.75, 3.05) is 18.0 Å². The Bertz CT molecular complexity index is 453. The predicted molar refractivity (Wildman–Crippen MR) is 71.3 cm³/mol. The molecule has 0 aromatic carbocycles. The maximum atomic E-state index is 6.20. The van der Waals surface area contributed by atoms with Crippen LogP contribution in [0.25, 0.3) is 0 Å². The topological polar surface area (TPSA) is 38.2 Å². The molecule has 98 valence electrons. The number of morpholine rings is 1. The molecular formula is C12H15Cl2N3O. The third kappa shape index (κ3) is 2.42. The second kappa shape index (κ2) is 4.83. The summed E-state index contributed by atoms with van der Waals surface area (Å²) in [5, 5.41) is 8.93. The number of aromatic nitrogens is 2. The molecule has 6 heteroatoms. The highest BCUT2D eigenvalue weighted by Gasteiger charge is 2.38. The van der Waals surface area contributed by atoms with Gasteiger partial charge in [0.1, 0.15) is 5.02 Å². The quantitative estimate of drug-likeness (QED) is 0.838. The van der Waals surface area contributed by atoms with Gasteiger partial charge in [0.05, 0.1) is 23.4 Å². The normalized spacial score (nSPS) is 28.5. The van der Waals surface area contributed by atoms with Crippen LogP contribution in [0.4, 0.5) is 5.82 Å². The summed E-state index contributed by atoms with van der Waals surface area (Å²) in [6, 6.07) is 0. The van der Waals surface area contributed by atoms with Crippen LogP contribution in [-0.2, 0) is 4.74 Å². The Morgan fingerprint density at radius 2 is 2.11 bits per heavy atom. The zero-order valence-electron chi connectivity index (χ0n) is 10.1. The second-order valence-corrected chi connectivity index (χ2v) is 5.84. The van der Waals surface area contributed by atoms with Crippen molar-refractivity contribution in [1.82, 2.24) is 10.2 Å². The molecule has 2 atom stereocenters. The van der Waals surface area contributed by atoms with Crippen LogP contribution in [0.5, 0.6) is 0 Å². The van der Waals surface area contributed by atoms with Crippen LogP contribution in [0.3, 0.4) is 0 Å². The first-order valence-corrected chi connectivity index (χ1v) is 6.98. The lowest BCUT2D eigenvalue weighted by Gasteiger charge is -2.37. The molecule has 1 aromatic heterocycles. The first-order chi connectivity index (χ1) is 8.65. The van der Waals surface area contributed by atoms with Crippen molar-refractivity contribution in [2.24, 2.45) is 5.92 Å². The van der Waals surface area contributed by atoms with E-state index in [1.165, 1.54) is 19.0 Å². The molecule has 0 radical (unpaired) electrons. The molecule has 0 N–H and O–H groups in total. The van der Waals surface area contributed by atoms with E-state index in [1.807, 2.05) is 0 Å². The maximum Gasteiger partial charge on any atom is 0.171 e. The number of hydrogen-bond acceptors (Lipinski definition) is 4. The van der Waals surface area contributed by atoms with Crippen LogP contribution >= 0.6 is 23.2 Å². The lowest BCUT2D eigenvalue weighted by atomic mass is 10.1. The highest BCUT2D eigenvalue weighted by Crippen LogP contribution is 2.38. The van der Waals surface area contributed by atoms with Crippen molar-refractivity contribution in [3.05, 3.63) is 16.2 Å². The van der Waals surface area contributed by atoms with Crippen LogP contribution < -0.4 is 4.90 Å². The van der Waals surface area contributed by atoms with Gasteiger partial charge in [0.25, 0.3) is 0 Å². The van der Waals surface area contributed by atoms with Gasteiger partial charge in [-0.05, 0) is 25.7 Å². The van der Waals surface area contributed by atoms with E-state index in [1.54, 1.807) is 0 Å². The fourth-order valence-corrected chi connectivity index (χ4v) is 2.77. The zero-order valence-corrected chi connectivity index (χ0v) is 11.7. The molecule has 18 heavy (non-hydrogen) atoms. The molecule has 2 aliphatic rings. The van der Waals surface area contributed by atoms with Gasteiger partial charge in [0, 0.05) is 13.1 Å². The van der Waals surface area contributed by atoms with Crippen LogP contribution in [-0.4, -0.2) is 35.5 Å². The van der Waals surface area contributed by atoms with E-state index >= 15 is 0 Å². The molecule has 1 aromatic rings. The maximum absolute atomic E-state index is 6.20. The number of nitrogens with zero attached hydrogens (tertiary/aromatic N) is 3. The average Bonchev–Trinajstić information content (AvgIpc) is 3.16.